The van der Waals surface area contributed by atoms with Crippen molar-refractivity contribution in [2.24, 2.45) is 0 Å². The van der Waals surface area contributed by atoms with Crippen molar-refractivity contribution in [2.45, 2.75) is 20.4 Å². The lowest BCUT2D eigenvalue weighted by Crippen LogP contribution is -3.11. The number of hydrogen-bond acceptors (Lipinski definition) is 3. The van der Waals surface area contributed by atoms with Crippen LogP contribution in [0.5, 0.6) is 11.5 Å². The van der Waals surface area contributed by atoms with Crippen molar-refractivity contribution in [3.05, 3.63) is 48.7 Å². The number of nitrogens with one attached hydrogen (secondary N) is 1. The minimum Gasteiger partial charge on any atom is -0.493 e. The molecular formula is C23H29N4O2+. The normalized spacial score (nSPS) is 11.6. The summed E-state index contributed by atoms with van der Waals surface area (Å²) in [4.78, 5) is 6.59. The number of rotatable bonds is 8. The molecule has 4 rings (SSSR count). The van der Waals surface area contributed by atoms with E-state index in [4.69, 9.17) is 14.5 Å². The Bertz CT molecular complexity index is 1120. The zero-order valence-electron chi connectivity index (χ0n) is 17.6. The van der Waals surface area contributed by atoms with Crippen LogP contribution in [0.15, 0.2) is 48.7 Å². The Morgan fingerprint density at radius 3 is 2.34 bits per heavy atom. The van der Waals surface area contributed by atoms with Crippen LogP contribution in [-0.4, -0.2) is 47.8 Å². The Morgan fingerprint density at radius 2 is 1.66 bits per heavy atom. The zero-order valence-corrected chi connectivity index (χ0v) is 17.6. The second-order valence-corrected chi connectivity index (χ2v) is 7.21. The molecule has 0 aliphatic rings. The lowest BCUT2D eigenvalue weighted by molar-refractivity contribution is -0.897. The third-order valence-electron chi connectivity index (χ3n) is 5.73. The maximum absolute atomic E-state index is 5.47. The van der Waals surface area contributed by atoms with E-state index in [1.165, 1.54) is 11.0 Å². The van der Waals surface area contributed by atoms with E-state index in [1.807, 2.05) is 18.2 Å². The maximum Gasteiger partial charge on any atom is 0.215 e. The Balaban J connectivity index is 1.80. The lowest BCUT2D eigenvalue weighted by Gasteiger charge is -2.15. The van der Waals surface area contributed by atoms with Crippen molar-refractivity contribution < 1.29 is 14.4 Å². The van der Waals surface area contributed by atoms with Gasteiger partial charge in [0, 0.05) is 11.8 Å². The first-order valence-corrected chi connectivity index (χ1v) is 10.2. The Kier molecular flexibility index (Phi) is 5.45. The highest BCUT2D eigenvalue weighted by Crippen LogP contribution is 2.33. The van der Waals surface area contributed by atoms with Gasteiger partial charge >= 0.3 is 0 Å². The number of ether oxygens (including phenoxy) is 2. The SMILES string of the molecule is CC[NH+](CC)CCn1c2ccccc2n2cc(-c3ccc(OC)c(OC)c3)nc12. The van der Waals surface area contributed by atoms with Crippen LogP contribution in [0.3, 0.4) is 0 Å². The molecular weight excluding hydrogens is 364 g/mol. The van der Waals surface area contributed by atoms with Crippen LogP contribution in [0.2, 0.25) is 0 Å². The quantitative estimate of drug-likeness (QED) is 0.501. The summed E-state index contributed by atoms with van der Waals surface area (Å²) in [6.07, 6.45) is 2.11. The van der Waals surface area contributed by atoms with Gasteiger partial charge in [-0.25, -0.2) is 4.98 Å². The Morgan fingerprint density at radius 1 is 0.931 bits per heavy atom. The van der Waals surface area contributed by atoms with Gasteiger partial charge in [0.1, 0.15) is 0 Å². The summed E-state index contributed by atoms with van der Waals surface area (Å²) in [5.41, 5.74) is 4.34. The fraction of sp³-hybridized carbons (Fsp3) is 0.348. The summed E-state index contributed by atoms with van der Waals surface area (Å²) < 4.78 is 15.4. The van der Waals surface area contributed by atoms with E-state index in [-0.39, 0.29) is 0 Å². The van der Waals surface area contributed by atoms with Gasteiger partial charge in [0.25, 0.3) is 0 Å². The van der Waals surface area contributed by atoms with Crippen LogP contribution in [0.4, 0.5) is 0 Å². The molecule has 0 unspecified atom stereocenters. The Hall–Kier alpha value is -2.99. The fourth-order valence-corrected chi connectivity index (χ4v) is 3.97. The van der Waals surface area contributed by atoms with Gasteiger partial charge < -0.3 is 18.9 Å². The number of hydrogen-bond donors (Lipinski definition) is 1. The van der Waals surface area contributed by atoms with Crippen LogP contribution in [0, 0.1) is 0 Å². The predicted molar refractivity (Wildman–Crippen MR) is 116 cm³/mol. The topological polar surface area (TPSA) is 45.1 Å². The number of imidazole rings is 2. The molecule has 6 heteroatoms. The van der Waals surface area contributed by atoms with Crippen LogP contribution in [0.1, 0.15) is 13.8 Å². The third-order valence-corrected chi connectivity index (χ3v) is 5.73. The maximum atomic E-state index is 5.47. The van der Waals surface area contributed by atoms with E-state index in [1.54, 1.807) is 19.1 Å². The van der Waals surface area contributed by atoms with Crippen molar-refractivity contribution in [3.8, 4) is 22.8 Å². The molecule has 0 saturated carbocycles. The minimum atomic E-state index is 0.709. The molecule has 6 nitrogen and oxygen atoms in total. The molecule has 2 aromatic carbocycles. The minimum absolute atomic E-state index is 0.709. The molecule has 0 fully saturated rings. The summed E-state index contributed by atoms with van der Waals surface area (Å²) in [6, 6.07) is 14.4. The van der Waals surface area contributed by atoms with Crippen molar-refractivity contribution in [1.29, 1.82) is 0 Å². The van der Waals surface area contributed by atoms with Crippen molar-refractivity contribution in [3.63, 3.8) is 0 Å². The average Bonchev–Trinajstić information content (AvgIpc) is 3.32. The molecule has 0 aliphatic heterocycles. The first kappa shape index (κ1) is 19.3. The average molecular weight is 394 g/mol. The molecule has 2 heterocycles. The van der Waals surface area contributed by atoms with Gasteiger partial charge in [0.15, 0.2) is 11.5 Å². The van der Waals surface area contributed by atoms with Gasteiger partial charge in [-0.05, 0) is 44.2 Å². The van der Waals surface area contributed by atoms with Crippen LogP contribution >= 0.6 is 0 Å². The molecule has 0 aliphatic carbocycles. The summed E-state index contributed by atoms with van der Waals surface area (Å²) >= 11 is 0. The number of fused-ring (bicyclic) bond motifs is 3. The molecule has 0 amide bonds. The highest BCUT2D eigenvalue weighted by molar-refractivity contribution is 5.82. The molecule has 1 N–H and O–H groups in total. The standard InChI is InChI=1S/C23H28N4O2/c1-5-25(6-2)13-14-26-19-9-7-8-10-20(19)27-16-18(24-23(26)27)17-11-12-21(28-3)22(15-17)29-4/h7-12,15-16H,5-6,13-14H2,1-4H3/p+1. The number of para-hydroxylation sites is 2. The number of methoxy groups -OCH3 is 2. The Labute approximate surface area is 171 Å². The molecule has 0 spiro atoms. The lowest BCUT2D eigenvalue weighted by atomic mass is 10.1. The molecule has 0 saturated heterocycles. The number of likely N-dealkylation sites (N-methyl/N-ethyl adjacent to an activating group) is 1. The number of aromatic nitrogens is 3. The summed E-state index contributed by atoms with van der Waals surface area (Å²) in [5, 5.41) is 0. The second kappa shape index (κ2) is 8.17. The van der Waals surface area contributed by atoms with E-state index in [0.717, 1.165) is 49.0 Å². The smallest absolute Gasteiger partial charge is 0.215 e. The number of benzene rings is 2. The molecule has 0 radical (unpaired) electrons. The second-order valence-electron chi connectivity index (χ2n) is 7.21. The third kappa shape index (κ3) is 3.44. The van der Waals surface area contributed by atoms with E-state index >= 15 is 0 Å². The van der Waals surface area contributed by atoms with Crippen molar-refractivity contribution >= 4 is 16.8 Å². The fourth-order valence-electron chi connectivity index (χ4n) is 3.97. The molecule has 152 valence electrons. The van der Waals surface area contributed by atoms with Gasteiger partial charge in [-0.3, -0.25) is 4.40 Å². The van der Waals surface area contributed by atoms with E-state index in [9.17, 15) is 0 Å². The van der Waals surface area contributed by atoms with Crippen LogP contribution in [0.25, 0.3) is 28.1 Å². The van der Waals surface area contributed by atoms with Gasteiger partial charge in [0.05, 0.1) is 57.1 Å². The van der Waals surface area contributed by atoms with E-state index in [0.29, 0.717) is 5.75 Å². The summed E-state index contributed by atoms with van der Waals surface area (Å²) in [6.45, 7) is 8.78. The molecule has 29 heavy (non-hydrogen) atoms. The zero-order chi connectivity index (χ0) is 20.4. The first-order valence-electron chi connectivity index (χ1n) is 10.2. The predicted octanol–water partition coefficient (Wildman–Crippen LogP) is 2.90. The van der Waals surface area contributed by atoms with Gasteiger partial charge in [-0.1, -0.05) is 12.1 Å². The first-order chi connectivity index (χ1) is 14.2. The molecule has 0 atom stereocenters. The van der Waals surface area contributed by atoms with E-state index < -0.39 is 0 Å². The van der Waals surface area contributed by atoms with Crippen LogP contribution in [-0.2, 0) is 6.54 Å². The van der Waals surface area contributed by atoms with E-state index in [2.05, 4.69) is 53.3 Å². The summed E-state index contributed by atoms with van der Waals surface area (Å²) in [7, 11) is 3.30. The van der Waals surface area contributed by atoms with Crippen LogP contribution < -0.4 is 14.4 Å². The number of quaternary nitrogens is 1. The highest BCUT2D eigenvalue weighted by Gasteiger charge is 2.16. The largest absolute Gasteiger partial charge is 0.493 e. The number of nitrogens with zero attached hydrogens (tertiary/aromatic N) is 3. The monoisotopic (exact) mass is 393 g/mol. The molecule has 0 bridgehead atoms. The van der Waals surface area contributed by atoms with Gasteiger partial charge in [0.2, 0.25) is 5.78 Å². The van der Waals surface area contributed by atoms with Crippen molar-refractivity contribution in [1.82, 2.24) is 14.0 Å². The molecule has 2 aromatic heterocycles. The summed E-state index contributed by atoms with van der Waals surface area (Å²) in [5.74, 6) is 2.40. The highest BCUT2D eigenvalue weighted by atomic mass is 16.5. The van der Waals surface area contributed by atoms with Gasteiger partial charge in [-0.15, -0.1) is 0 Å². The van der Waals surface area contributed by atoms with Crippen molar-refractivity contribution in [2.75, 3.05) is 33.9 Å². The van der Waals surface area contributed by atoms with Gasteiger partial charge in [-0.2, -0.15) is 0 Å². The molecule has 4 aromatic rings.